The average Bonchev–Trinajstić information content (AvgIpc) is 2.83. The zero-order chi connectivity index (χ0) is 12.5. The third-order valence-corrected chi connectivity index (χ3v) is 5.84. The number of amides is 1. The molecule has 1 aromatic heterocycles. The normalized spacial score (nSPS) is 27.9. The Bertz CT molecular complexity index is 444. The molecule has 0 bridgehead atoms. The van der Waals surface area contributed by atoms with Crippen LogP contribution < -0.4 is 0 Å². The summed E-state index contributed by atoms with van der Waals surface area (Å²) in [6.45, 7) is 4.47. The predicted octanol–water partition coefficient (Wildman–Crippen LogP) is 2.40. The number of ether oxygens (including phenoxy) is 1. The molecule has 0 saturated carbocycles. The van der Waals surface area contributed by atoms with E-state index in [4.69, 9.17) is 4.74 Å². The van der Waals surface area contributed by atoms with Gasteiger partial charge in [-0.05, 0) is 24.3 Å². The second-order valence-corrected chi connectivity index (χ2v) is 6.90. The monoisotopic (exact) mass is 283 g/mol. The van der Waals surface area contributed by atoms with Crippen LogP contribution in [0, 0.1) is 6.92 Å². The number of aryl methyl sites for hydroxylation is 1. The topological polar surface area (TPSA) is 29.5 Å². The van der Waals surface area contributed by atoms with Crippen molar-refractivity contribution in [2.45, 2.75) is 24.6 Å². The standard InChI is InChI=1S/C13H17NO2S2/c1-9-7-17-8-10(9)13(15)14-3-5-18-12-6-16-4-2-11(12)14/h7-8,11-12H,2-6H2,1H3. The fourth-order valence-corrected chi connectivity index (χ4v) is 4.80. The molecule has 2 saturated heterocycles. The van der Waals surface area contributed by atoms with E-state index in [0.29, 0.717) is 11.3 Å². The zero-order valence-corrected chi connectivity index (χ0v) is 12.1. The second-order valence-electron chi connectivity index (χ2n) is 4.81. The van der Waals surface area contributed by atoms with Crippen LogP contribution in [0.2, 0.25) is 0 Å². The molecule has 2 fully saturated rings. The fourth-order valence-electron chi connectivity index (χ4n) is 2.67. The molecule has 1 amide bonds. The van der Waals surface area contributed by atoms with E-state index in [0.717, 1.165) is 43.1 Å². The number of hydrogen-bond acceptors (Lipinski definition) is 4. The number of thiophene rings is 1. The molecule has 0 N–H and O–H groups in total. The van der Waals surface area contributed by atoms with Crippen molar-refractivity contribution in [3.8, 4) is 0 Å². The van der Waals surface area contributed by atoms with Gasteiger partial charge in [-0.1, -0.05) is 0 Å². The van der Waals surface area contributed by atoms with Crippen LogP contribution in [0.5, 0.6) is 0 Å². The molecule has 2 atom stereocenters. The molecule has 18 heavy (non-hydrogen) atoms. The summed E-state index contributed by atoms with van der Waals surface area (Å²) < 4.78 is 5.52. The Morgan fingerprint density at radius 2 is 2.39 bits per heavy atom. The average molecular weight is 283 g/mol. The van der Waals surface area contributed by atoms with Crippen LogP contribution in [0.25, 0.3) is 0 Å². The summed E-state index contributed by atoms with van der Waals surface area (Å²) in [5.41, 5.74) is 1.99. The highest BCUT2D eigenvalue weighted by molar-refractivity contribution is 8.00. The summed E-state index contributed by atoms with van der Waals surface area (Å²) >= 11 is 3.56. The van der Waals surface area contributed by atoms with Gasteiger partial charge in [-0.25, -0.2) is 0 Å². The Kier molecular flexibility index (Phi) is 3.63. The fraction of sp³-hybridized carbons (Fsp3) is 0.615. The van der Waals surface area contributed by atoms with Crippen molar-refractivity contribution < 1.29 is 9.53 Å². The molecule has 0 aliphatic carbocycles. The predicted molar refractivity (Wildman–Crippen MR) is 75.6 cm³/mol. The van der Waals surface area contributed by atoms with E-state index in [2.05, 4.69) is 4.90 Å². The van der Waals surface area contributed by atoms with Gasteiger partial charge in [0.2, 0.25) is 0 Å². The van der Waals surface area contributed by atoms with Gasteiger partial charge >= 0.3 is 0 Å². The molecule has 2 unspecified atom stereocenters. The molecule has 3 nitrogen and oxygen atoms in total. The minimum absolute atomic E-state index is 0.214. The molecular weight excluding hydrogens is 266 g/mol. The lowest BCUT2D eigenvalue weighted by Crippen LogP contribution is -2.54. The van der Waals surface area contributed by atoms with E-state index in [9.17, 15) is 4.79 Å². The lowest BCUT2D eigenvalue weighted by atomic mass is 10.0. The highest BCUT2D eigenvalue weighted by atomic mass is 32.2. The lowest BCUT2D eigenvalue weighted by Gasteiger charge is -2.43. The van der Waals surface area contributed by atoms with Gasteiger partial charge in [0.1, 0.15) is 0 Å². The number of carbonyl (C=O) groups excluding carboxylic acids is 1. The van der Waals surface area contributed by atoms with Gasteiger partial charge in [0.25, 0.3) is 5.91 Å². The number of thioether (sulfide) groups is 1. The maximum atomic E-state index is 12.6. The van der Waals surface area contributed by atoms with Gasteiger partial charge in [0, 0.05) is 35.6 Å². The van der Waals surface area contributed by atoms with E-state index < -0.39 is 0 Å². The number of nitrogens with zero attached hydrogens (tertiary/aromatic N) is 1. The minimum atomic E-state index is 0.214. The maximum Gasteiger partial charge on any atom is 0.255 e. The van der Waals surface area contributed by atoms with E-state index in [1.165, 1.54) is 0 Å². The molecule has 5 heteroatoms. The van der Waals surface area contributed by atoms with Crippen molar-refractivity contribution in [2.24, 2.45) is 0 Å². The zero-order valence-electron chi connectivity index (χ0n) is 10.4. The van der Waals surface area contributed by atoms with Crippen molar-refractivity contribution in [2.75, 3.05) is 25.5 Å². The Morgan fingerprint density at radius 3 is 3.17 bits per heavy atom. The summed E-state index contributed by atoms with van der Waals surface area (Å²) in [6.07, 6.45) is 0.979. The first kappa shape index (κ1) is 12.5. The van der Waals surface area contributed by atoms with Gasteiger partial charge in [-0.15, -0.1) is 0 Å². The molecule has 3 heterocycles. The van der Waals surface area contributed by atoms with Crippen molar-refractivity contribution in [3.63, 3.8) is 0 Å². The van der Waals surface area contributed by atoms with E-state index in [1.807, 2.05) is 29.4 Å². The number of fused-ring (bicyclic) bond motifs is 1. The summed E-state index contributed by atoms with van der Waals surface area (Å²) in [6, 6.07) is 0.365. The number of hydrogen-bond donors (Lipinski definition) is 0. The van der Waals surface area contributed by atoms with Crippen molar-refractivity contribution in [3.05, 3.63) is 21.9 Å². The summed E-state index contributed by atoms with van der Waals surface area (Å²) in [5.74, 6) is 1.24. The molecule has 98 valence electrons. The van der Waals surface area contributed by atoms with Crippen LogP contribution in [-0.2, 0) is 4.74 Å². The smallest absolute Gasteiger partial charge is 0.255 e. The molecular formula is C13H17NO2S2. The van der Waals surface area contributed by atoms with Crippen LogP contribution in [0.1, 0.15) is 22.3 Å². The Morgan fingerprint density at radius 1 is 1.50 bits per heavy atom. The van der Waals surface area contributed by atoms with Crippen LogP contribution >= 0.6 is 23.1 Å². The Labute approximate surface area is 116 Å². The number of rotatable bonds is 1. The van der Waals surface area contributed by atoms with Gasteiger partial charge < -0.3 is 9.64 Å². The summed E-state index contributed by atoms with van der Waals surface area (Å²) in [5, 5.41) is 4.50. The molecule has 0 aromatic carbocycles. The first-order valence-electron chi connectivity index (χ1n) is 6.30. The van der Waals surface area contributed by atoms with E-state index in [-0.39, 0.29) is 5.91 Å². The SMILES string of the molecule is Cc1cscc1C(=O)N1CCSC2COCCC21. The van der Waals surface area contributed by atoms with E-state index >= 15 is 0 Å². The van der Waals surface area contributed by atoms with Crippen LogP contribution in [-0.4, -0.2) is 47.6 Å². The van der Waals surface area contributed by atoms with Crippen molar-refractivity contribution >= 4 is 29.0 Å². The molecule has 3 rings (SSSR count). The van der Waals surface area contributed by atoms with Gasteiger partial charge in [0.05, 0.1) is 12.2 Å². The maximum absolute atomic E-state index is 12.6. The van der Waals surface area contributed by atoms with Crippen LogP contribution in [0.4, 0.5) is 0 Å². The first-order chi connectivity index (χ1) is 8.77. The Balaban J connectivity index is 1.82. The summed E-state index contributed by atoms with van der Waals surface area (Å²) in [4.78, 5) is 14.7. The quantitative estimate of drug-likeness (QED) is 0.792. The highest BCUT2D eigenvalue weighted by Crippen LogP contribution is 2.31. The number of carbonyl (C=O) groups is 1. The molecule has 0 spiro atoms. The van der Waals surface area contributed by atoms with Gasteiger partial charge in [-0.3, -0.25) is 4.79 Å². The highest BCUT2D eigenvalue weighted by Gasteiger charge is 2.37. The van der Waals surface area contributed by atoms with Crippen LogP contribution in [0.15, 0.2) is 10.8 Å². The molecule has 2 aliphatic heterocycles. The second kappa shape index (κ2) is 5.23. The third kappa shape index (κ3) is 2.19. The van der Waals surface area contributed by atoms with Crippen LogP contribution in [0.3, 0.4) is 0 Å². The first-order valence-corrected chi connectivity index (χ1v) is 8.29. The van der Waals surface area contributed by atoms with Gasteiger partial charge in [-0.2, -0.15) is 23.1 Å². The molecule has 2 aliphatic rings. The third-order valence-electron chi connectivity index (χ3n) is 3.68. The minimum Gasteiger partial charge on any atom is -0.380 e. The molecule has 0 radical (unpaired) electrons. The lowest BCUT2D eigenvalue weighted by molar-refractivity contribution is 0.0319. The summed E-state index contributed by atoms with van der Waals surface area (Å²) in [7, 11) is 0. The van der Waals surface area contributed by atoms with Gasteiger partial charge in [0.15, 0.2) is 0 Å². The Hall–Kier alpha value is -0.520. The van der Waals surface area contributed by atoms with Crippen molar-refractivity contribution in [1.29, 1.82) is 0 Å². The van der Waals surface area contributed by atoms with Crippen molar-refractivity contribution in [1.82, 2.24) is 4.90 Å². The molecule has 1 aromatic rings. The van der Waals surface area contributed by atoms with E-state index in [1.54, 1.807) is 11.3 Å². The largest absolute Gasteiger partial charge is 0.380 e.